The molecule has 2 saturated heterocycles. The summed E-state index contributed by atoms with van der Waals surface area (Å²) in [7, 11) is 0. The third-order valence-corrected chi connectivity index (χ3v) is 2.81. The van der Waals surface area contributed by atoms with Crippen molar-refractivity contribution in [2.24, 2.45) is 0 Å². The zero-order valence-electron chi connectivity index (χ0n) is 8.13. The van der Waals surface area contributed by atoms with E-state index in [0.29, 0.717) is 12.1 Å². The minimum Gasteiger partial charge on any atom is -0.379 e. The van der Waals surface area contributed by atoms with Crippen LogP contribution in [0, 0.1) is 0 Å². The van der Waals surface area contributed by atoms with Crippen LogP contribution in [-0.4, -0.2) is 38.5 Å². The Morgan fingerprint density at radius 2 is 2.31 bits per heavy atom. The molecule has 13 heavy (non-hydrogen) atoms. The fraction of sp³-hybridized carbons (Fsp3) is 1.00. The normalized spacial score (nSPS) is 35.1. The molecule has 2 heterocycles. The van der Waals surface area contributed by atoms with E-state index < -0.39 is 0 Å². The van der Waals surface area contributed by atoms with Gasteiger partial charge in [0.25, 0.3) is 0 Å². The molecule has 0 aliphatic carbocycles. The van der Waals surface area contributed by atoms with Crippen molar-refractivity contribution in [2.75, 3.05) is 26.4 Å². The van der Waals surface area contributed by atoms with E-state index in [1.54, 1.807) is 0 Å². The number of nitrogens with one attached hydrogen (secondary N) is 1. The molecule has 3 nitrogen and oxygen atoms in total. The Labute approximate surface area is 79.8 Å². The molecule has 2 fully saturated rings. The van der Waals surface area contributed by atoms with Gasteiger partial charge >= 0.3 is 0 Å². The summed E-state index contributed by atoms with van der Waals surface area (Å²) in [6.45, 7) is 3.75. The van der Waals surface area contributed by atoms with Crippen LogP contribution in [0.2, 0.25) is 0 Å². The van der Waals surface area contributed by atoms with Crippen molar-refractivity contribution in [1.82, 2.24) is 5.32 Å². The first-order chi connectivity index (χ1) is 6.45. The van der Waals surface area contributed by atoms with Gasteiger partial charge in [-0.05, 0) is 32.2 Å². The van der Waals surface area contributed by atoms with Gasteiger partial charge in [-0.25, -0.2) is 0 Å². The summed E-state index contributed by atoms with van der Waals surface area (Å²) in [6.07, 6.45) is 5.26. The highest BCUT2D eigenvalue weighted by molar-refractivity contribution is 4.74. The molecule has 0 aromatic carbocycles. The van der Waals surface area contributed by atoms with Crippen LogP contribution in [0.25, 0.3) is 0 Å². The van der Waals surface area contributed by atoms with Gasteiger partial charge in [-0.15, -0.1) is 0 Å². The average Bonchev–Trinajstić information content (AvgIpc) is 2.69. The van der Waals surface area contributed by atoms with E-state index in [1.807, 2.05) is 0 Å². The summed E-state index contributed by atoms with van der Waals surface area (Å²) in [5, 5.41) is 3.43. The Balaban J connectivity index is 1.60. The molecule has 0 spiro atoms. The van der Waals surface area contributed by atoms with Crippen molar-refractivity contribution in [2.45, 2.75) is 37.8 Å². The lowest BCUT2D eigenvalue weighted by molar-refractivity contribution is -0.0544. The molecule has 3 heteroatoms. The van der Waals surface area contributed by atoms with E-state index in [9.17, 15) is 0 Å². The molecule has 76 valence electrons. The van der Waals surface area contributed by atoms with Crippen LogP contribution in [0.5, 0.6) is 0 Å². The number of hydrogen-bond donors (Lipinski definition) is 1. The first kappa shape index (κ1) is 9.44. The average molecular weight is 185 g/mol. The predicted molar refractivity (Wildman–Crippen MR) is 50.8 cm³/mol. The fourth-order valence-corrected chi connectivity index (χ4v) is 1.99. The molecule has 2 aliphatic rings. The lowest BCUT2D eigenvalue weighted by Gasteiger charge is -2.23. The van der Waals surface area contributed by atoms with Crippen LogP contribution >= 0.6 is 0 Å². The molecular weight excluding hydrogens is 166 g/mol. The van der Waals surface area contributed by atoms with Crippen molar-refractivity contribution in [3.05, 3.63) is 0 Å². The van der Waals surface area contributed by atoms with Gasteiger partial charge in [0.1, 0.15) is 0 Å². The van der Waals surface area contributed by atoms with Gasteiger partial charge in [0, 0.05) is 12.6 Å². The number of ether oxygens (including phenoxy) is 2. The van der Waals surface area contributed by atoms with E-state index >= 15 is 0 Å². The summed E-state index contributed by atoms with van der Waals surface area (Å²) < 4.78 is 11.1. The van der Waals surface area contributed by atoms with Crippen molar-refractivity contribution in [3.63, 3.8) is 0 Å². The largest absolute Gasteiger partial charge is 0.379 e. The first-order valence-electron chi connectivity index (χ1n) is 5.38. The predicted octanol–water partition coefficient (Wildman–Crippen LogP) is 0.934. The summed E-state index contributed by atoms with van der Waals surface area (Å²) in [4.78, 5) is 0. The van der Waals surface area contributed by atoms with Gasteiger partial charge in [-0.3, -0.25) is 0 Å². The van der Waals surface area contributed by atoms with Crippen molar-refractivity contribution < 1.29 is 9.47 Å². The maximum absolute atomic E-state index is 5.78. The van der Waals surface area contributed by atoms with Crippen LogP contribution in [0.4, 0.5) is 0 Å². The van der Waals surface area contributed by atoms with Crippen molar-refractivity contribution >= 4 is 0 Å². The minimum absolute atomic E-state index is 0.358. The zero-order chi connectivity index (χ0) is 8.93. The maximum atomic E-state index is 5.78. The molecular formula is C10H19NO2. The lowest BCUT2D eigenvalue weighted by Crippen LogP contribution is -2.32. The Morgan fingerprint density at radius 3 is 3.00 bits per heavy atom. The highest BCUT2D eigenvalue weighted by atomic mass is 16.5. The quantitative estimate of drug-likeness (QED) is 0.709. The highest BCUT2D eigenvalue weighted by Gasteiger charge is 2.18. The molecule has 2 unspecified atom stereocenters. The van der Waals surface area contributed by atoms with Crippen molar-refractivity contribution in [3.8, 4) is 0 Å². The zero-order valence-corrected chi connectivity index (χ0v) is 8.13. The second kappa shape index (κ2) is 4.94. The van der Waals surface area contributed by atoms with Gasteiger partial charge in [0.15, 0.2) is 0 Å². The second-order valence-corrected chi connectivity index (χ2v) is 3.97. The monoisotopic (exact) mass is 185 g/mol. The molecule has 0 amide bonds. The third-order valence-electron chi connectivity index (χ3n) is 2.81. The number of rotatable bonds is 3. The Kier molecular flexibility index (Phi) is 3.58. The van der Waals surface area contributed by atoms with Gasteiger partial charge < -0.3 is 14.8 Å². The molecule has 1 N–H and O–H groups in total. The molecule has 2 atom stereocenters. The smallest absolute Gasteiger partial charge is 0.0810 e. The van der Waals surface area contributed by atoms with Crippen molar-refractivity contribution in [1.29, 1.82) is 0 Å². The van der Waals surface area contributed by atoms with Gasteiger partial charge in [0.2, 0.25) is 0 Å². The van der Waals surface area contributed by atoms with E-state index in [-0.39, 0.29) is 0 Å². The van der Waals surface area contributed by atoms with Crippen LogP contribution < -0.4 is 5.32 Å². The van der Waals surface area contributed by atoms with E-state index in [4.69, 9.17) is 9.47 Å². The summed E-state index contributed by atoms with van der Waals surface area (Å²) >= 11 is 0. The van der Waals surface area contributed by atoms with Crippen LogP contribution in [0.15, 0.2) is 0 Å². The Hall–Kier alpha value is -0.120. The Morgan fingerprint density at radius 1 is 1.31 bits per heavy atom. The molecule has 0 bridgehead atoms. The first-order valence-corrected chi connectivity index (χ1v) is 5.38. The van der Waals surface area contributed by atoms with Crippen LogP contribution in [0.1, 0.15) is 25.7 Å². The number of hydrogen-bond acceptors (Lipinski definition) is 3. The summed E-state index contributed by atoms with van der Waals surface area (Å²) in [6, 6.07) is 0.599. The fourth-order valence-electron chi connectivity index (χ4n) is 1.99. The third kappa shape index (κ3) is 2.93. The van der Waals surface area contributed by atoms with Gasteiger partial charge in [-0.1, -0.05) is 0 Å². The maximum Gasteiger partial charge on any atom is 0.0810 e. The van der Waals surface area contributed by atoms with Crippen LogP contribution in [0.3, 0.4) is 0 Å². The molecule has 2 rings (SSSR count). The molecule has 2 aliphatic heterocycles. The molecule has 0 radical (unpaired) electrons. The van der Waals surface area contributed by atoms with E-state index in [1.165, 1.54) is 19.3 Å². The summed E-state index contributed by atoms with van der Waals surface area (Å²) in [5.41, 5.74) is 0. The molecule has 0 aromatic rings. The highest BCUT2D eigenvalue weighted by Crippen LogP contribution is 2.12. The topological polar surface area (TPSA) is 30.5 Å². The Bertz CT molecular complexity index is 140. The second-order valence-electron chi connectivity index (χ2n) is 3.97. The summed E-state index contributed by atoms with van der Waals surface area (Å²) in [5.74, 6) is 0. The van der Waals surface area contributed by atoms with Gasteiger partial charge in [0.05, 0.1) is 19.3 Å². The minimum atomic E-state index is 0.358. The van der Waals surface area contributed by atoms with E-state index in [2.05, 4.69) is 5.32 Å². The molecule has 0 aromatic heterocycles. The van der Waals surface area contributed by atoms with Gasteiger partial charge in [-0.2, -0.15) is 0 Å². The molecule has 0 saturated carbocycles. The lowest BCUT2D eigenvalue weighted by atomic mass is 10.2. The van der Waals surface area contributed by atoms with Crippen LogP contribution in [-0.2, 0) is 9.47 Å². The SMILES string of the molecule is C1CNC(COC2CCCOC2)C1. The standard InChI is InChI=1S/C10H19NO2/c1-3-9(11-5-1)7-13-10-4-2-6-12-8-10/h9-11H,1-8H2. The van der Waals surface area contributed by atoms with E-state index in [0.717, 1.165) is 32.8 Å².